The average molecular weight is 630 g/mol. The van der Waals surface area contributed by atoms with E-state index in [9.17, 15) is 42.3 Å². The SMILES string of the molecule is CC1(C)CN(C(=O)C(O)[C@H](C[C@@H]2CCCNC2=O)NC(=O)C2[C@@H]3[C@H](CN2C(=O)[C@@H](NC(=O)C(F)(F)F)C(C)(C)C)C3(C)C)C1. The Balaban J connectivity index is 1.59. The van der Waals surface area contributed by atoms with Crippen molar-refractivity contribution in [3.8, 4) is 0 Å². The molecule has 5 amide bonds. The van der Waals surface area contributed by atoms with E-state index >= 15 is 0 Å². The zero-order valence-electron chi connectivity index (χ0n) is 26.5. The predicted octanol–water partition coefficient (Wildman–Crippen LogP) is 1.19. The van der Waals surface area contributed by atoms with Crippen LogP contribution in [-0.4, -0.2) is 101 Å². The number of carbonyl (C=O) groups is 5. The van der Waals surface area contributed by atoms with E-state index in [0.29, 0.717) is 32.5 Å². The molecule has 0 aromatic heterocycles. The van der Waals surface area contributed by atoms with E-state index in [1.54, 1.807) is 0 Å². The fraction of sp³-hybridized carbons (Fsp3) is 0.833. The van der Waals surface area contributed by atoms with E-state index in [2.05, 4.69) is 10.6 Å². The van der Waals surface area contributed by atoms with E-state index in [1.807, 2.05) is 33.0 Å². The van der Waals surface area contributed by atoms with Crippen molar-refractivity contribution >= 4 is 29.5 Å². The molecule has 248 valence electrons. The van der Waals surface area contributed by atoms with Gasteiger partial charge in [0, 0.05) is 32.1 Å². The third-order valence-electron chi connectivity index (χ3n) is 9.86. The number of piperidine rings is 2. The second-order valence-electron chi connectivity index (χ2n) is 15.4. The third-order valence-corrected chi connectivity index (χ3v) is 9.86. The Labute approximate surface area is 256 Å². The van der Waals surface area contributed by atoms with Gasteiger partial charge in [0.05, 0.1) is 6.04 Å². The molecular weight excluding hydrogens is 583 g/mol. The standard InChI is InChI=1S/C30H46F3N5O6/c1-27(2,3)21(36-26(44)30(31,32)33)25(43)38-12-16-18(29(16,6)7)19(38)23(41)35-17(11-15-9-8-10-34-22(15)40)20(39)24(42)37-13-28(4,5)14-37/h15-21,39H,8-14H2,1-7H3,(H,34,40)(H,35,41)(H,36,44)/t15-,16-,17-,18-,19?,20?,21+/m0/s1. The molecule has 7 atom stereocenters. The van der Waals surface area contributed by atoms with Crippen LogP contribution in [0, 0.1) is 34.0 Å². The minimum Gasteiger partial charge on any atom is -0.381 e. The quantitative estimate of drug-likeness (QED) is 0.317. The van der Waals surface area contributed by atoms with E-state index in [1.165, 1.54) is 30.6 Å². The number of alkyl halides is 3. The molecule has 1 saturated carbocycles. The van der Waals surface area contributed by atoms with Crippen LogP contribution in [0.2, 0.25) is 0 Å². The molecule has 0 spiro atoms. The zero-order chi connectivity index (χ0) is 33.2. The first-order valence-corrected chi connectivity index (χ1v) is 15.3. The molecule has 0 aromatic carbocycles. The van der Waals surface area contributed by atoms with Crippen molar-refractivity contribution in [2.75, 3.05) is 26.2 Å². The van der Waals surface area contributed by atoms with Gasteiger partial charge in [-0.1, -0.05) is 48.5 Å². The molecule has 44 heavy (non-hydrogen) atoms. The topological polar surface area (TPSA) is 148 Å². The summed E-state index contributed by atoms with van der Waals surface area (Å²) in [4.78, 5) is 68.3. The van der Waals surface area contributed by atoms with Gasteiger partial charge in [0.25, 0.3) is 5.91 Å². The highest BCUT2D eigenvalue weighted by Crippen LogP contribution is 2.65. The van der Waals surface area contributed by atoms with Crippen LogP contribution in [-0.2, 0) is 24.0 Å². The summed E-state index contributed by atoms with van der Waals surface area (Å²) in [6, 6.07) is -3.83. The molecule has 2 unspecified atom stereocenters. The maximum absolute atomic E-state index is 14.0. The summed E-state index contributed by atoms with van der Waals surface area (Å²) in [7, 11) is 0. The minimum atomic E-state index is -5.21. The highest BCUT2D eigenvalue weighted by atomic mass is 19.4. The molecule has 3 heterocycles. The van der Waals surface area contributed by atoms with Gasteiger partial charge in [-0.2, -0.15) is 13.2 Å². The van der Waals surface area contributed by atoms with Gasteiger partial charge >= 0.3 is 12.1 Å². The molecule has 4 aliphatic rings. The molecule has 0 radical (unpaired) electrons. The van der Waals surface area contributed by atoms with Gasteiger partial charge in [-0.25, -0.2) is 0 Å². The van der Waals surface area contributed by atoms with E-state index in [0.717, 1.165) is 0 Å². The van der Waals surface area contributed by atoms with Gasteiger partial charge in [0.2, 0.25) is 17.7 Å². The first-order chi connectivity index (χ1) is 20.1. The fourth-order valence-electron chi connectivity index (χ4n) is 7.24. The summed E-state index contributed by atoms with van der Waals surface area (Å²) >= 11 is 0. The van der Waals surface area contributed by atoms with Gasteiger partial charge in [-0.15, -0.1) is 0 Å². The largest absolute Gasteiger partial charge is 0.471 e. The van der Waals surface area contributed by atoms with Crippen LogP contribution in [0.25, 0.3) is 0 Å². The van der Waals surface area contributed by atoms with Crippen LogP contribution in [0.15, 0.2) is 0 Å². The Hall–Kier alpha value is -2.90. The molecule has 4 fully saturated rings. The van der Waals surface area contributed by atoms with Gasteiger partial charge in [0.1, 0.15) is 12.1 Å². The normalized spacial score (nSPS) is 29.4. The molecule has 0 bridgehead atoms. The van der Waals surface area contributed by atoms with Crippen LogP contribution >= 0.6 is 0 Å². The van der Waals surface area contributed by atoms with Crippen LogP contribution in [0.5, 0.6) is 0 Å². The number of aliphatic hydroxyl groups is 1. The summed E-state index contributed by atoms with van der Waals surface area (Å²) in [6.07, 6.45) is -5.66. The fourth-order valence-corrected chi connectivity index (χ4v) is 7.24. The highest BCUT2D eigenvalue weighted by molar-refractivity contribution is 5.95. The molecular formula is C30H46F3N5O6. The Bertz CT molecular complexity index is 1190. The number of hydrogen-bond donors (Lipinski definition) is 4. The number of nitrogens with one attached hydrogen (secondary N) is 3. The van der Waals surface area contributed by atoms with Crippen molar-refractivity contribution in [1.82, 2.24) is 25.8 Å². The molecule has 3 saturated heterocycles. The lowest BCUT2D eigenvalue weighted by atomic mass is 9.83. The van der Waals surface area contributed by atoms with Crippen molar-refractivity contribution in [2.24, 2.45) is 34.0 Å². The average Bonchev–Trinajstić information content (AvgIpc) is 3.20. The third kappa shape index (κ3) is 6.69. The van der Waals surface area contributed by atoms with Gasteiger partial charge < -0.3 is 30.9 Å². The van der Waals surface area contributed by atoms with Crippen LogP contribution in [0.3, 0.4) is 0 Å². The molecule has 11 nitrogen and oxygen atoms in total. The molecule has 14 heteroatoms. The zero-order valence-corrected chi connectivity index (χ0v) is 26.5. The molecule has 4 rings (SSSR count). The maximum Gasteiger partial charge on any atom is 0.471 e. The smallest absolute Gasteiger partial charge is 0.381 e. The number of carbonyl (C=O) groups excluding carboxylic acids is 5. The van der Waals surface area contributed by atoms with Crippen molar-refractivity contribution in [3.63, 3.8) is 0 Å². The maximum atomic E-state index is 14.0. The van der Waals surface area contributed by atoms with Gasteiger partial charge in [-0.05, 0) is 47.3 Å². The lowest BCUT2D eigenvalue weighted by Crippen LogP contribution is -2.63. The number of rotatable bonds is 8. The predicted molar refractivity (Wildman–Crippen MR) is 152 cm³/mol. The Morgan fingerprint density at radius 1 is 1.05 bits per heavy atom. The Morgan fingerprint density at radius 3 is 2.18 bits per heavy atom. The number of likely N-dealkylation sites (tertiary alicyclic amines) is 2. The van der Waals surface area contributed by atoms with Gasteiger partial charge in [0.15, 0.2) is 6.10 Å². The Morgan fingerprint density at radius 2 is 1.66 bits per heavy atom. The number of halogens is 3. The van der Waals surface area contributed by atoms with E-state index in [-0.39, 0.29) is 41.5 Å². The number of fused-ring (bicyclic) bond motifs is 1. The lowest BCUT2D eigenvalue weighted by Gasteiger charge is -2.47. The summed E-state index contributed by atoms with van der Waals surface area (Å²) < 4.78 is 39.5. The summed E-state index contributed by atoms with van der Waals surface area (Å²) in [5.41, 5.74) is -1.58. The van der Waals surface area contributed by atoms with Crippen molar-refractivity contribution in [3.05, 3.63) is 0 Å². The molecule has 1 aliphatic carbocycles. The monoisotopic (exact) mass is 629 g/mol. The van der Waals surface area contributed by atoms with E-state index < -0.39 is 65.4 Å². The van der Waals surface area contributed by atoms with E-state index in [4.69, 9.17) is 0 Å². The number of amides is 5. The van der Waals surface area contributed by atoms with Crippen molar-refractivity contribution in [2.45, 2.75) is 98.1 Å². The van der Waals surface area contributed by atoms with Crippen LogP contribution in [0.4, 0.5) is 13.2 Å². The van der Waals surface area contributed by atoms with Crippen LogP contribution in [0.1, 0.15) is 67.7 Å². The number of aliphatic hydroxyl groups excluding tert-OH is 1. The number of nitrogens with zero attached hydrogens (tertiary/aromatic N) is 2. The summed E-state index contributed by atoms with van der Waals surface area (Å²) in [5, 5.41) is 18.6. The van der Waals surface area contributed by atoms with Crippen molar-refractivity contribution < 1.29 is 42.3 Å². The molecule has 3 aliphatic heterocycles. The Kier molecular flexibility index (Phi) is 8.86. The van der Waals surface area contributed by atoms with Gasteiger partial charge in [-0.3, -0.25) is 24.0 Å². The second-order valence-corrected chi connectivity index (χ2v) is 15.4. The first-order valence-electron chi connectivity index (χ1n) is 15.3. The highest BCUT2D eigenvalue weighted by Gasteiger charge is 2.70. The lowest BCUT2D eigenvalue weighted by molar-refractivity contribution is -0.176. The van der Waals surface area contributed by atoms with Crippen LogP contribution < -0.4 is 16.0 Å². The number of hydrogen-bond acceptors (Lipinski definition) is 6. The summed E-state index contributed by atoms with van der Waals surface area (Å²) in [6.45, 7) is 13.9. The minimum absolute atomic E-state index is 0.00781. The molecule has 0 aromatic rings. The van der Waals surface area contributed by atoms with Crippen molar-refractivity contribution in [1.29, 1.82) is 0 Å². The second kappa shape index (κ2) is 11.5. The first kappa shape index (κ1) is 34.0. The molecule has 4 N–H and O–H groups in total. The summed E-state index contributed by atoms with van der Waals surface area (Å²) in [5.74, 6) is -5.54.